The van der Waals surface area contributed by atoms with Gasteiger partial charge < -0.3 is 15.2 Å². The number of carboxylic acids is 1. The van der Waals surface area contributed by atoms with E-state index in [1.165, 1.54) is 6.07 Å². The van der Waals surface area contributed by atoms with Crippen molar-refractivity contribution in [2.75, 3.05) is 6.54 Å². The van der Waals surface area contributed by atoms with E-state index < -0.39 is 17.7 Å². The van der Waals surface area contributed by atoms with E-state index in [1.54, 1.807) is 51.1 Å². The number of carbonyl (C=O) groups excluding carboxylic acids is 1. The van der Waals surface area contributed by atoms with Crippen molar-refractivity contribution in [2.24, 2.45) is 0 Å². The molecule has 1 amide bonds. The fourth-order valence-corrected chi connectivity index (χ4v) is 1.43. The van der Waals surface area contributed by atoms with Gasteiger partial charge in [0.25, 0.3) is 0 Å². The zero-order valence-electron chi connectivity index (χ0n) is 11.8. The normalized spacial score (nSPS) is 11.3. The van der Waals surface area contributed by atoms with Crippen LogP contribution in [0.1, 0.15) is 36.7 Å². The summed E-state index contributed by atoms with van der Waals surface area (Å²) in [4.78, 5) is 22.2. The number of nitrogens with one attached hydrogen (secondary N) is 1. The Bertz CT molecular complexity index is 515. The number of carboxylic acid groups (broad SMARTS) is 1. The van der Waals surface area contributed by atoms with E-state index in [2.05, 4.69) is 5.32 Å². The molecule has 0 bridgehead atoms. The molecule has 0 heterocycles. The van der Waals surface area contributed by atoms with Crippen molar-refractivity contribution in [3.8, 4) is 0 Å². The summed E-state index contributed by atoms with van der Waals surface area (Å²) in [6.45, 7) is 5.69. The number of amides is 1. The van der Waals surface area contributed by atoms with Gasteiger partial charge in [-0.25, -0.2) is 9.59 Å². The highest BCUT2D eigenvalue weighted by Gasteiger charge is 2.14. The fraction of sp³-hybridized carbons (Fsp3) is 0.333. The standard InChI is InChI=1S/C15H19NO4/c1-15(2,3)20-14(19)16-9-5-7-11-6-4-8-12(10-11)13(17)18/h4-8,10H,9H2,1-3H3,(H,16,19)(H,17,18)/b7-5+. The van der Waals surface area contributed by atoms with Crippen LogP contribution < -0.4 is 5.32 Å². The van der Waals surface area contributed by atoms with Gasteiger partial charge in [0.05, 0.1) is 5.56 Å². The van der Waals surface area contributed by atoms with Crippen molar-refractivity contribution >= 4 is 18.1 Å². The molecule has 0 aromatic heterocycles. The van der Waals surface area contributed by atoms with Gasteiger partial charge in [-0.15, -0.1) is 0 Å². The zero-order valence-corrected chi connectivity index (χ0v) is 11.8. The van der Waals surface area contributed by atoms with Crippen molar-refractivity contribution in [2.45, 2.75) is 26.4 Å². The lowest BCUT2D eigenvalue weighted by molar-refractivity contribution is 0.0533. The summed E-state index contributed by atoms with van der Waals surface area (Å²) in [6, 6.07) is 6.55. The molecule has 1 aromatic rings. The number of hydrogen-bond acceptors (Lipinski definition) is 3. The Labute approximate surface area is 118 Å². The second-order valence-electron chi connectivity index (χ2n) is 5.22. The first-order valence-corrected chi connectivity index (χ1v) is 6.25. The monoisotopic (exact) mass is 277 g/mol. The Morgan fingerprint density at radius 3 is 2.65 bits per heavy atom. The lowest BCUT2D eigenvalue weighted by Gasteiger charge is -2.19. The van der Waals surface area contributed by atoms with Gasteiger partial charge in [-0.2, -0.15) is 0 Å². The van der Waals surface area contributed by atoms with Gasteiger partial charge in [-0.3, -0.25) is 0 Å². The van der Waals surface area contributed by atoms with Crippen LogP contribution in [0.4, 0.5) is 4.79 Å². The van der Waals surface area contributed by atoms with Crippen LogP contribution >= 0.6 is 0 Å². The maximum atomic E-state index is 11.4. The van der Waals surface area contributed by atoms with Gasteiger partial charge in [0.2, 0.25) is 0 Å². The third-order valence-electron chi connectivity index (χ3n) is 2.21. The highest BCUT2D eigenvalue weighted by Crippen LogP contribution is 2.08. The smallest absolute Gasteiger partial charge is 0.407 e. The first kappa shape index (κ1) is 15.8. The predicted molar refractivity (Wildman–Crippen MR) is 76.7 cm³/mol. The minimum atomic E-state index is -0.966. The number of benzene rings is 1. The van der Waals surface area contributed by atoms with Crippen LogP contribution in [-0.4, -0.2) is 29.3 Å². The molecule has 0 saturated heterocycles. The second kappa shape index (κ2) is 6.75. The maximum Gasteiger partial charge on any atom is 0.407 e. The molecule has 0 aliphatic heterocycles. The van der Waals surface area contributed by atoms with Crippen molar-refractivity contribution < 1.29 is 19.4 Å². The second-order valence-corrected chi connectivity index (χ2v) is 5.22. The summed E-state index contributed by atoms with van der Waals surface area (Å²) in [5.41, 5.74) is 0.465. The fourth-order valence-electron chi connectivity index (χ4n) is 1.43. The highest BCUT2D eigenvalue weighted by atomic mass is 16.6. The van der Waals surface area contributed by atoms with Gasteiger partial charge in [0.1, 0.15) is 5.60 Å². The molecular weight excluding hydrogens is 258 g/mol. The molecule has 1 aromatic carbocycles. The molecule has 0 aliphatic rings. The van der Waals surface area contributed by atoms with E-state index in [0.29, 0.717) is 6.54 Å². The number of aromatic carboxylic acids is 1. The summed E-state index contributed by atoms with van der Waals surface area (Å²) in [5.74, 6) is -0.966. The Kier molecular flexibility index (Phi) is 5.32. The third-order valence-corrected chi connectivity index (χ3v) is 2.21. The molecule has 108 valence electrons. The Morgan fingerprint density at radius 2 is 2.05 bits per heavy atom. The first-order valence-electron chi connectivity index (χ1n) is 6.25. The molecule has 0 radical (unpaired) electrons. The molecule has 0 aliphatic carbocycles. The highest BCUT2D eigenvalue weighted by molar-refractivity contribution is 5.88. The Balaban J connectivity index is 2.47. The van der Waals surface area contributed by atoms with Gasteiger partial charge in [-0.1, -0.05) is 24.3 Å². The van der Waals surface area contributed by atoms with Crippen LogP contribution in [-0.2, 0) is 4.74 Å². The average molecular weight is 277 g/mol. The summed E-state index contributed by atoms with van der Waals surface area (Å²) in [6.07, 6.45) is 2.98. The third kappa shape index (κ3) is 6.04. The summed E-state index contributed by atoms with van der Waals surface area (Å²) >= 11 is 0. The SMILES string of the molecule is CC(C)(C)OC(=O)NC/C=C/c1cccc(C(=O)O)c1. The molecule has 1 rings (SSSR count). The van der Waals surface area contributed by atoms with E-state index in [9.17, 15) is 9.59 Å². The lowest BCUT2D eigenvalue weighted by Crippen LogP contribution is -2.32. The van der Waals surface area contributed by atoms with E-state index in [-0.39, 0.29) is 5.56 Å². The zero-order chi connectivity index (χ0) is 15.2. The van der Waals surface area contributed by atoms with Crippen LogP contribution in [0.5, 0.6) is 0 Å². The maximum absolute atomic E-state index is 11.4. The average Bonchev–Trinajstić information content (AvgIpc) is 2.33. The molecule has 0 saturated carbocycles. The Morgan fingerprint density at radius 1 is 1.35 bits per heavy atom. The van der Waals surface area contributed by atoms with Crippen molar-refractivity contribution in [3.63, 3.8) is 0 Å². The van der Waals surface area contributed by atoms with Gasteiger partial charge in [-0.05, 0) is 38.5 Å². The minimum Gasteiger partial charge on any atom is -0.478 e. The molecule has 0 atom stereocenters. The van der Waals surface area contributed by atoms with Crippen molar-refractivity contribution in [1.82, 2.24) is 5.32 Å². The van der Waals surface area contributed by atoms with Crippen LogP contribution in [0, 0.1) is 0 Å². The van der Waals surface area contributed by atoms with Crippen LogP contribution in [0.2, 0.25) is 0 Å². The molecule has 5 nitrogen and oxygen atoms in total. The number of hydrogen-bond donors (Lipinski definition) is 2. The van der Waals surface area contributed by atoms with E-state index in [4.69, 9.17) is 9.84 Å². The quantitative estimate of drug-likeness (QED) is 0.887. The summed E-state index contributed by atoms with van der Waals surface area (Å²) in [7, 11) is 0. The van der Waals surface area contributed by atoms with E-state index in [1.807, 2.05) is 0 Å². The first-order chi connectivity index (χ1) is 9.28. The minimum absolute atomic E-state index is 0.229. The molecular formula is C15H19NO4. The van der Waals surface area contributed by atoms with Crippen molar-refractivity contribution in [3.05, 3.63) is 41.5 Å². The topological polar surface area (TPSA) is 75.6 Å². The molecule has 0 fully saturated rings. The molecule has 2 N–H and O–H groups in total. The summed E-state index contributed by atoms with van der Waals surface area (Å²) in [5, 5.41) is 11.4. The lowest BCUT2D eigenvalue weighted by atomic mass is 10.1. The van der Waals surface area contributed by atoms with Crippen LogP contribution in [0.3, 0.4) is 0 Å². The number of ether oxygens (including phenoxy) is 1. The van der Waals surface area contributed by atoms with Crippen LogP contribution in [0.25, 0.3) is 6.08 Å². The number of rotatable bonds is 4. The number of carbonyl (C=O) groups is 2. The van der Waals surface area contributed by atoms with Crippen LogP contribution in [0.15, 0.2) is 30.3 Å². The number of alkyl carbamates (subject to hydrolysis) is 1. The van der Waals surface area contributed by atoms with Gasteiger partial charge in [0, 0.05) is 6.54 Å². The molecule has 5 heteroatoms. The Hall–Kier alpha value is -2.30. The molecule has 0 spiro atoms. The van der Waals surface area contributed by atoms with Crippen molar-refractivity contribution in [1.29, 1.82) is 0 Å². The predicted octanol–water partition coefficient (Wildman–Crippen LogP) is 2.92. The molecule has 20 heavy (non-hydrogen) atoms. The van der Waals surface area contributed by atoms with Gasteiger partial charge in [0.15, 0.2) is 0 Å². The summed E-state index contributed by atoms with van der Waals surface area (Å²) < 4.78 is 5.08. The van der Waals surface area contributed by atoms with E-state index >= 15 is 0 Å². The molecule has 0 unspecified atom stereocenters. The largest absolute Gasteiger partial charge is 0.478 e. The van der Waals surface area contributed by atoms with Gasteiger partial charge >= 0.3 is 12.1 Å². The van der Waals surface area contributed by atoms with E-state index in [0.717, 1.165) is 5.56 Å².